The first-order valence-electron chi connectivity index (χ1n) is 5.82. The second-order valence-electron chi connectivity index (χ2n) is 4.18. The van der Waals surface area contributed by atoms with Gasteiger partial charge in [-0.2, -0.15) is 0 Å². The van der Waals surface area contributed by atoms with Gasteiger partial charge in [-0.3, -0.25) is 4.79 Å². The lowest BCUT2D eigenvalue weighted by molar-refractivity contribution is 0.0989. The van der Waals surface area contributed by atoms with E-state index in [0.717, 1.165) is 0 Å². The van der Waals surface area contributed by atoms with Crippen LogP contribution < -0.4 is 4.74 Å². The van der Waals surface area contributed by atoms with Gasteiger partial charge in [0.1, 0.15) is 11.6 Å². The highest BCUT2D eigenvalue weighted by atomic mass is 79.9. The van der Waals surface area contributed by atoms with E-state index in [-0.39, 0.29) is 12.2 Å². The van der Waals surface area contributed by atoms with Crippen LogP contribution in [0.4, 0.5) is 4.39 Å². The fraction of sp³-hybridized carbons (Fsp3) is 0.133. The zero-order chi connectivity index (χ0) is 14.7. The summed E-state index contributed by atoms with van der Waals surface area (Å²) in [5.74, 6) is -0.240. The summed E-state index contributed by atoms with van der Waals surface area (Å²) in [5.41, 5.74) is 0.683. The van der Waals surface area contributed by atoms with Crippen LogP contribution in [0, 0.1) is 5.82 Å². The number of Topliss-reactive ketones (excluding diaryl/α,β-unsaturated/α-hetero) is 1. The molecule has 5 heteroatoms. The number of benzene rings is 2. The summed E-state index contributed by atoms with van der Waals surface area (Å²) < 4.78 is 19.5. The molecule has 0 aliphatic heterocycles. The highest BCUT2D eigenvalue weighted by Crippen LogP contribution is 2.25. The van der Waals surface area contributed by atoms with Crippen molar-refractivity contribution >= 4 is 33.3 Å². The monoisotopic (exact) mass is 356 g/mol. The van der Waals surface area contributed by atoms with Crippen molar-refractivity contribution in [1.29, 1.82) is 0 Å². The number of rotatable bonds is 4. The van der Waals surface area contributed by atoms with Crippen molar-refractivity contribution in [2.75, 3.05) is 7.11 Å². The summed E-state index contributed by atoms with van der Waals surface area (Å²) in [6.07, 6.45) is -0.0458. The Morgan fingerprint density at radius 1 is 1.30 bits per heavy atom. The molecule has 0 atom stereocenters. The van der Waals surface area contributed by atoms with Crippen molar-refractivity contribution in [2.45, 2.75) is 6.42 Å². The average Bonchev–Trinajstić information content (AvgIpc) is 2.41. The second-order valence-corrected chi connectivity index (χ2v) is 5.53. The second kappa shape index (κ2) is 6.37. The number of carbonyl (C=O) groups excluding carboxylic acids is 1. The zero-order valence-electron chi connectivity index (χ0n) is 10.6. The number of hydrogen-bond donors (Lipinski definition) is 0. The molecule has 2 rings (SSSR count). The normalized spacial score (nSPS) is 10.4. The van der Waals surface area contributed by atoms with Crippen molar-refractivity contribution in [3.8, 4) is 5.75 Å². The van der Waals surface area contributed by atoms with Crippen LogP contribution in [0.1, 0.15) is 15.9 Å². The SMILES string of the molecule is COc1ccc(Cl)cc1C(=O)Cc1ccc(Br)cc1F. The quantitative estimate of drug-likeness (QED) is 0.743. The molecule has 0 fully saturated rings. The minimum absolute atomic E-state index is 0.0458. The van der Waals surface area contributed by atoms with Crippen LogP contribution in [0.15, 0.2) is 40.9 Å². The largest absolute Gasteiger partial charge is 0.496 e. The summed E-state index contributed by atoms with van der Waals surface area (Å²) >= 11 is 9.06. The van der Waals surface area contributed by atoms with E-state index in [2.05, 4.69) is 15.9 Å². The van der Waals surface area contributed by atoms with Crippen molar-refractivity contribution < 1.29 is 13.9 Å². The lowest BCUT2D eigenvalue weighted by Crippen LogP contribution is -2.07. The molecule has 2 nitrogen and oxygen atoms in total. The van der Waals surface area contributed by atoms with Gasteiger partial charge >= 0.3 is 0 Å². The fourth-order valence-corrected chi connectivity index (χ4v) is 2.34. The topological polar surface area (TPSA) is 26.3 Å². The predicted molar refractivity (Wildman–Crippen MR) is 80.1 cm³/mol. The molecular formula is C15H11BrClFO2. The molecule has 20 heavy (non-hydrogen) atoms. The Kier molecular flexibility index (Phi) is 4.78. The molecule has 2 aromatic carbocycles. The van der Waals surface area contributed by atoms with Crippen molar-refractivity contribution in [3.05, 3.63) is 62.8 Å². The standard InChI is InChI=1S/C15H11BrClFO2/c1-20-15-5-4-11(17)8-12(15)14(19)6-9-2-3-10(16)7-13(9)18/h2-5,7-8H,6H2,1H3. The van der Waals surface area contributed by atoms with Gasteiger partial charge in [0, 0.05) is 15.9 Å². The van der Waals surface area contributed by atoms with Crippen LogP contribution in [0.2, 0.25) is 5.02 Å². The molecule has 0 heterocycles. The van der Waals surface area contributed by atoms with Crippen molar-refractivity contribution in [2.24, 2.45) is 0 Å². The molecular weight excluding hydrogens is 347 g/mol. The maximum Gasteiger partial charge on any atom is 0.171 e. The third-order valence-corrected chi connectivity index (χ3v) is 3.56. The molecule has 0 bridgehead atoms. The summed E-state index contributed by atoms with van der Waals surface area (Å²) in [6.45, 7) is 0. The van der Waals surface area contributed by atoms with Crippen LogP contribution in [-0.4, -0.2) is 12.9 Å². The van der Waals surface area contributed by atoms with Gasteiger partial charge in [0.25, 0.3) is 0 Å². The Morgan fingerprint density at radius 3 is 2.70 bits per heavy atom. The van der Waals surface area contributed by atoms with E-state index >= 15 is 0 Å². The molecule has 0 N–H and O–H groups in total. The Labute approximate surface area is 129 Å². The van der Waals surface area contributed by atoms with E-state index in [1.54, 1.807) is 24.3 Å². The number of carbonyl (C=O) groups is 1. The van der Waals surface area contributed by atoms with Crippen molar-refractivity contribution in [1.82, 2.24) is 0 Å². The van der Waals surface area contributed by atoms with Gasteiger partial charge in [-0.15, -0.1) is 0 Å². The minimum Gasteiger partial charge on any atom is -0.496 e. The van der Waals surface area contributed by atoms with Gasteiger partial charge in [0.05, 0.1) is 12.7 Å². The number of methoxy groups -OCH3 is 1. The van der Waals surface area contributed by atoms with E-state index in [4.69, 9.17) is 16.3 Å². The molecule has 0 amide bonds. The van der Waals surface area contributed by atoms with Gasteiger partial charge in [0.15, 0.2) is 5.78 Å². The van der Waals surface area contributed by atoms with Crippen LogP contribution >= 0.6 is 27.5 Å². The third kappa shape index (κ3) is 3.38. The van der Waals surface area contributed by atoms with Gasteiger partial charge in [-0.25, -0.2) is 4.39 Å². The Morgan fingerprint density at radius 2 is 2.05 bits per heavy atom. The molecule has 0 unspecified atom stereocenters. The summed E-state index contributed by atoms with van der Waals surface area (Å²) in [4.78, 5) is 12.3. The molecule has 0 saturated heterocycles. The molecule has 0 aromatic heterocycles. The summed E-state index contributed by atoms with van der Waals surface area (Å²) in [5, 5.41) is 0.436. The van der Waals surface area contributed by atoms with Crippen molar-refractivity contribution in [3.63, 3.8) is 0 Å². The lowest BCUT2D eigenvalue weighted by atomic mass is 10.0. The van der Waals surface area contributed by atoms with Gasteiger partial charge in [0.2, 0.25) is 0 Å². The Hall–Kier alpha value is -1.39. The molecule has 0 radical (unpaired) electrons. The maximum absolute atomic E-state index is 13.7. The fourth-order valence-electron chi connectivity index (χ4n) is 1.83. The van der Waals surface area contributed by atoms with E-state index in [9.17, 15) is 9.18 Å². The highest BCUT2D eigenvalue weighted by Gasteiger charge is 2.15. The first-order chi connectivity index (χ1) is 9.51. The molecule has 104 valence electrons. The predicted octanol–water partition coefficient (Wildman–Crippen LogP) is 4.68. The average molecular weight is 358 g/mol. The highest BCUT2D eigenvalue weighted by molar-refractivity contribution is 9.10. The van der Waals surface area contributed by atoms with E-state index in [1.807, 2.05) is 0 Å². The van der Waals surface area contributed by atoms with Gasteiger partial charge in [-0.1, -0.05) is 33.6 Å². The molecule has 0 spiro atoms. The number of hydrogen-bond acceptors (Lipinski definition) is 2. The van der Waals surface area contributed by atoms with E-state index in [0.29, 0.717) is 26.4 Å². The van der Waals surface area contributed by atoms with Crippen LogP contribution in [0.5, 0.6) is 5.75 Å². The van der Waals surface area contributed by atoms with E-state index < -0.39 is 5.82 Å². The Balaban J connectivity index is 2.30. The number of ether oxygens (including phenoxy) is 1. The molecule has 0 aliphatic carbocycles. The van der Waals surface area contributed by atoms with Crippen LogP contribution in [0.3, 0.4) is 0 Å². The molecule has 0 aliphatic rings. The minimum atomic E-state index is -0.422. The lowest BCUT2D eigenvalue weighted by Gasteiger charge is -2.08. The third-order valence-electron chi connectivity index (χ3n) is 2.83. The van der Waals surface area contributed by atoms with Crippen LogP contribution in [0.25, 0.3) is 0 Å². The van der Waals surface area contributed by atoms with Gasteiger partial charge in [-0.05, 0) is 35.9 Å². The first-order valence-corrected chi connectivity index (χ1v) is 6.99. The number of ketones is 1. The summed E-state index contributed by atoms with van der Waals surface area (Å²) in [6, 6.07) is 9.39. The van der Waals surface area contributed by atoms with Crippen LogP contribution in [-0.2, 0) is 6.42 Å². The maximum atomic E-state index is 13.7. The van der Waals surface area contributed by atoms with E-state index in [1.165, 1.54) is 19.2 Å². The Bertz CT molecular complexity index is 658. The number of halogens is 3. The zero-order valence-corrected chi connectivity index (χ0v) is 13.0. The molecule has 2 aromatic rings. The summed E-state index contributed by atoms with van der Waals surface area (Å²) in [7, 11) is 1.47. The smallest absolute Gasteiger partial charge is 0.171 e. The molecule has 0 saturated carbocycles. The first kappa shape index (κ1) is 15.0. The van der Waals surface area contributed by atoms with Gasteiger partial charge < -0.3 is 4.74 Å².